The first-order chi connectivity index (χ1) is 14.5. The summed E-state index contributed by atoms with van der Waals surface area (Å²) in [6.07, 6.45) is 7.53. The van der Waals surface area contributed by atoms with Crippen LogP contribution in [0.2, 0.25) is 0 Å². The fourth-order valence-electron chi connectivity index (χ4n) is 6.52. The number of carbonyl (C=O) groups excluding carboxylic acids is 2. The molecule has 3 aliphatic carbocycles. The molecule has 164 valence electrons. The Morgan fingerprint density at radius 1 is 1.23 bits per heavy atom. The van der Waals surface area contributed by atoms with Crippen LogP contribution < -0.4 is 4.74 Å². The van der Waals surface area contributed by atoms with Crippen molar-refractivity contribution >= 4 is 11.8 Å². The number of carbonyl (C=O) groups is 2. The third kappa shape index (κ3) is 3.78. The maximum absolute atomic E-state index is 13.3. The molecule has 0 N–H and O–H groups in total. The average Bonchev–Trinajstić information content (AvgIpc) is 2.98. The minimum absolute atomic E-state index is 0.159. The second-order valence-electron chi connectivity index (χ2n) is 9.74. The zero-order valence-electron chi connectivity index (χ0n) is 18.7. The standard InChI is InChI=1S/C26H36O4/c1-4-6-13-30-19-8-10-20-17(14-19)7-9-22-21(20)11-12-26(3)23(22)15-18(25(26)28)16-24(27)29-5-2/h8,10,14,18,21-23H,4-7,9,11-13,15-16H2,1-3H3/t18?,21?,22?,23?,26-/m0/s1. The molecule has 3 aliphatic rings. The van der Waals surface area contributed by atoms with Gasteiger partial charge in [0.2, 0.25) is 0 Å². The van der Waals surface area contributed by atoms with E-state index < -0.39 is 0 Å². The van der Waals surface area contributed by atoms with E-state index in [2.05, 4.69) is 32.0 Å². The number of fused-ring (bicyclic) bond motifs is 5. The van der Waals surface area contributed by atoms with Crippen LogP contribution in [-0.2, 0) is 20.7 Å². The lowest BCUT2D eigenvalue weighted by molar-refractivity contribution is -0.146. The molecule has 1 aromatic carbocycles. The molecular formula is C26H36O4. The van der Waals surface area contributed by atoms with Gasteiger partial charge in [0, 0.05) is 11.3 Å². The molecule has 4 heteroatoms. The molecule has 30 heavy (non-hydrogen) atoms. The Morgan fingerprint density at radius 2 is 2.07 bits per heavy atom. The smallest absolute Gasteiger partial charge is 0.306 e. The van der Waals surface area contributed by atoms with Crippen molar-refractivity contribution in [2.24, 2.45) is 23.2 Å². The molecule has 0 aliphatic heterocycles. The Balaban J connectivity index is 1.51. The summed E-state index contributed by atoms with van der Waals surface area (Å²) in [6.45, 7) is 7.33. The highest BCUT2D eigenvalue weighted by molar-refractivity contribution is 5.92. The van der Waals surface area contributed by atoms with Crippen LogP contribution >= 0.6 is 0 Å². The maximum atomic E-state index is 13.3. The summed E-state index contributed by atoms with van der Waals surface area (Å²) in [5.74, 6) is 2.38. The first-order valence-electron chi connectivity index (χ1n) is 11.9. The van der Waals surface area contributed by atoms with Crippen molar-refractivity contribution in [3.05, 3.63) is 29.3 Å². The van der Waals surface area contributed by atoms with E-state index in [4.69, 9.17) is 9.47 Å². The number of Topliss-reactive ketones (excluding diaryl/α,β-unsaturated/α-hetero) is 1. The largest absolute Gasteiger partial charge is 0.494 e. The molecule has 5 atom stereocenters. The summed E-state index contributed by atoms with van der Waals surface area (Å²) in [6, 6.07) is 6.66. The Bertz CT molecular complexity index is 800. The molecule has 0 radical (unpaired) electrons. The van der Waals surface area contributed by atoms with Gasteiger partial charge in [0.05, 0.1) is 19.6 Å². The van der Waals surface area contributed by atoms with E-state index in [1.165, 1.54) is 11.1 Å². The van der Waals surface area contributed by atoms with Crippen molar-refractivity contribution in [1.82, 2.24) is 0 Å². The maximum Gasteiger partial charge on any atom is 0.306 e. The van der Waals surface area contributed by atoms with Gasteiger partial charge in [-0.05, 0) is 86.5 Å². The van der Waals surface area contributed by atoms with Gasteiger partial charge in [-0.25, -0.2) is 0 Å². The predicted molar refractivity (Wildman–Crippen MR) is 117 cm³/mol. The summed E-state index contributed by atoms with van der Waals surface area (Å²) < 4.78 is 11.1. The number of ketones is 1. The molecule has 4 rings (SSSR count). The van der Waals surface area contributed by atoms with Gasteiger partial charge in [0.15, 0.2) is 0 Å². The van der Waals surface area contributed by atoms with Gasteiger partial charge in [-0.1, -0.05) is 26.3 Å². The topological polar surface area (TPSA) is 52.6 Å². The fourth-order valence-corrected chi connectivity index (χ4v) is 6.52. The number of hydrogen-bond acceptors (Lipinski definition) is 4. The van der Waals surface area contributed by atoms with E-state index >= 15 is 0 Å². The normalized spacial score (nSPS) is 32.2. The minimum atomic E-state index is -0.265. The van der Waals surface area contributed by atoms with Crippen molar-refractivity contribution in [2.45, 2.75) is 78.1 Å². The molecule has 0 bridgehead atoms. The number of ether oxygens (including phenoxy) is 2. The molecule has 0 aromatic heterocycles. The molecule has 0 saturated heterocycles. The minimum Gasteiger partial charge on any atom is -0.494 e. The van der Waals surface area contributed by atoms with Gasteiger partial charge in [0.25, 0.3) is 0 Å². The SMILES string of the molecule is CCCCOc1ccc2c(c1)CCC1C2CC[C@]2(C)C(=O)C(CC(=O)OCC)CC12. The van der Waals surface area contributed by atoms with Gasteiger partial charge in [0.1, 0.15) is 11.5 Å². The molecule has 2 fully saturated rings. The molecule has 0 spiro atoms. The number of benzene rings is 1. The monoisotopic (exact) mass is 412 g/mol. The van der Waals surface area contributed by atoms with Gasteiger partial charge >= 0.3 is 5.97 Å². The van der Waals surface area contributed by atoms with Crippen LogP contribution in [0.4, 0.5) is 0 Å². The van der Waals surface area contributed by atoms with Crippen LogP contribution in [0.5, 0.6) is 5.75 Å². The summed E-state index contributed by atoms with van der Waals surface area (Å²) >= 11 is 0. The highest BCUT2D eigenvalue weighted by Gasteiger charge is 2.58. The highest BCUT2D eigenvalue weighted by atomic mass is 16.5. The molecular weight excluding hydrogens is 376 g/mol. The zero-order chi connectivity index (χ0) is 21.3. The predicted octanol–water partition coefficient (Wildman–Crippen LogP) is 5.47. The summed E-state index contributed by atoms with van der Waals surface area (Å²) in [7, 11) is 0. The third-order valence-corrected chi connectivity index (χ3v) is 8.04. The van der Waals surface area contributed by atoms with Gasteiger partial charge < -0.3 is 9.47 Å². The Hall–Kier alpha value is -1.84. The first-order valence-corrected chi connectivity index (χ1v) is 11.9. The summed E-state index contributed by atoms with van der Waals surface area (Å²) in [4.78, 5) is 25.3. The van der Waals surface area contributed by atoms with E-state index in [1.807, 2.05) is 6.92 Å². The number of hydrogen-bond donors (Lipinski definition) is 0. The molecule has 0 heterocycles. The van der Waals surface area contributed by atoms with Crippen LogP contribution in [0.3, 0.4) is 0 Å². The van der Waals surface area contributed by atoms with Gasteiger partial charge in [-0.2, -0.15) is 0 Å². The number of unbranched alkanes of at least 4 members (excludes halogenated alkanes) is 1. The third-order valence-electron chi connectivity index (χ3n) is 8.04. The molecule has 1 aromatic rings. The van der Waals surface area contributed by atoms with Gasteiger partial charge in [-0.3, -0.25) is 9.59 Å². The van der Waals surface area contributed by atoms with Crippen LogP contribution in [0.15, 0.2) is 18.2 Å². The van der Waals surface area contributed by atoms with Crippen molar-refractivity contribution < 1.29 is 19.1 Å². The van der Waals surface area contributed by atoms with Gasteiger partial charge in [-0.15, -0.1) is 0 Å². The van der Waals surface area contributed by atoms with E-state index in [0.29, 0.717) is 30.1 Å². The quantitative estimate of drug-likeness (QED) is 0.440. The number of rotatable bonds is 7. The Morgan fingerprint density at radius 3 is 2.83 bits per heavy atom. The fraction of sp³-hybridized carbons (Fsp3) is 0.692. The van der Waals surface area contributed by atoms with E-state index in [-0.39, 0.29) is 23.7 Å². The van der Waals surface area contributed by atoms with Crippen LogP contribution in [0.1, 0.15) is 82.8 Å². The van der Waals surface area contributed by atoms with E-state index in [0.717, 1.165) is 57.3 Å². The molecule has 4 nitrogen and oxygen atoms in total. The Kier molecular flexibility index (Phi) is 6.22. The second kappa shape index (κ2) is 8.72. The zero-order valence-corrected chi connectivity index (χ0v) is 18.7. The molecule has 4 unspecified atom stereocenters. The first kappa shape index (κ1) is 21.4. The van der Waals surface area contributed by atoms with Crippen molar-refractivity contribution in [2.75, 3.05) is 13.2 Å². The lowest BCUT2D eigenvalue weighted by Crippen LogP contribution is -2.42. The molecule has 2 saturated carbocycles. The average molecular weight is 413 g/mol. The molecule has 0 amide bonds. The van der Waals surface area contributed by atoms with Crippen LogP contribution in [0, 0.1) is 23.2 Å². The second-order valence-corrected chi connectivity index (χ2v) is 9.74. The van der Waals surface area contributed by atoms with Crippen LogP contribution in [-0.4, -0.2) is 25.0 Å². The van der Waals surface area contributed by atoms with E-state index in [9.17, 15) is 9.59 Å². The van der Waals surface area contributed by atoms with Crippen molar-refractivity contribution in [3.8, 4) is 5.75 Å². The summed E-state index contributed by atoms with van der Waals surface area (Å²) in [5.41, 5.74) is 2.64. The number of esters is 1. The number of aryl methyl sites for hydroxylation is 1. The Labute approximate surface area is 180 Å². The van der Waals surface area contributed by atoms with E-state index in [1.54, 1.807) is 0 Å². The lowest BCUT2D eigenvalue weighted by atomic mass is 9.55. The van der Waals surface area contributed by atoms with Crippen molar-refractivity contribution in [3.63, 3.8) is 0 Å². The summed E-state index contributed by atoms with van der Waals surface area (Å²) in [5, 5.41) is 0. The lowest BCUT2D eigenvalue weighted by Gasteiger charge is -2.48. The van der Waals surface area contributed by atoms with Crippen LogP contribution in [0.25, 0.3) is 0 Å². The van der Waals surface area contributed by atoms with Crippen molar-refractivity contribution in [1.29, 1.82) is 0 Å². The highest BCUT2D eigenvalue weighted by Crippen LogP contribution is 2.61.